The van der Waals surface area contributed by atoms with Crippen molar-refractivity contribution >= 4 is 29.3 Å². The highest BCUT2D eigenvalue weighted by atomic mass is 32.2. The second-order valence-corrected chi connectivity index (χ2v) is 5.56. The van der Waals surface area contributed by atoms with Crippen LogP contribution in [0.2, 0.25) is 0 Å². The number of hydrogen-bond acceptors (Lipinski definition) is 5. The first-order chi connectivity index (χ1) is 10.2. The SMILES string of the molecule is CSCc1ccc(CNc2ccc3c(c2)C(=O)NC3=O)o1. The van der Waals surface area contributed by atoms with Gasteiger partial charge in [0.15, 0.2) is 0 Å². The van der Waals surface area contributed by atoms with E-state index in [1.165, 1.54) is 0 Å². The standard InChI is InChI=1S/C15H14N2O3S/c1-21-8-11-4-3-10(20-11)7-16-9-2-5-12-13(6-9)15(19)17-14(12)18/h2-6,16H,7-8H2,1H3,(H,17,18,19). The predicted octanol–water partition coefficient (Wildman–Crippen LogP) is 2.64. The first-order valence-corrected chi connectivity index (χ1v) is 7.87. The first-order valence-electron chi connectivity index (χ1n) is 6.47. The molecule has 2 N–H and O–H groups in total. The zero-order valence-electron chi connectivity index (χ0n) is 11.4. The number of nitrogens with one attached hydrogen (secondary N) is 2. The monoisotopic (exact) mass is 302 g/mol. The van der Waals surface area contributed by atoms with Gasteiger partial charge in [-0.2, -0.15) is 11.8 Å². The van der Waals surface area contributed by atoms with Gasteiger partial charge in [-0.1, -0.05) is 0 Å². The summed E-state index contributed by atoms with van der Waals surface area (Å²) in [6, 6.07) is 9.01. The normalized spacial score (nSPS) is 13.2. The van der Waals surface area contributed by atoms with Crippen molar-refractivity contribution in [3.63, 3.8) is 0 Å². The number of hydrogen-bond donors (Lipinski definition) is 2. The van der Waals surface area contributed by atoms with Crippen LogP contribution in [0.4, 0.5) is 5.69 Å². The van der Waals surface area contributed by atoms with E-state index in [0.29, 0.717) is 17.7 Å². The van der Waals surface area contributed by atoms with Crippen molar-refractivity contribution in [3.05, 3.63) is 53.0 Å². The van der Waals surface area contributed by atoms with Crippen LogP contribution >= 0.6 is 11.8 Å². The minimum absolute atomic E-state index is 0.339. The molecule has 1 aliphatic heterocycles. The lowest BCUT2D eigenvalue weighted by Gasteiger charge is -2.05. The molecule has 1 aliphatic rings. The summed E-state index contributed by atoms with van der Waals surface area (Å²) in [7, 11) is 0. The van der Waals surface area contributed by atoms with E-state index >= 15 is 0 Å². The fraction of sp³-hybridized carbons (Fsp3) is 0.200. The van der Waals surface area contributed by atoms with E-state index in [4.69, 9.17) is 4.42 Å². The molecule has 5 nitrogen and oxygen atoms in total. The van der Waals surface area contributed by atoms with Gasteiger partial charge in [0.05, 0.1) is 23.4 Å². The summed E-state index contributed by atoms with van der Waals surface area (Å²) in [6.45, 7) is 0.530. The zero-order chi connectivity index (χ0) is 14.8. The third-order valence-corrected chi connectivity index (χ3v) is 3.78. The molecule has 0 unspecified atom stereocenters. The highest BCUT2D eigenvalue weighted by Gasteiger charge is 2.26. The van der Waals surface area contributed by atoms with Crippen LogP contribution in [0.5, 0.6) is 0 Å². The largest absolute Gasteiger partial charge is 0.463 e. The molecular formula is C15H14N2O3S. The van der Waals surface area contributed by atoms with Gasteiger partial charge in [-0.05, 0) is 36.6 Å². The van der Waals surface area contributed by atoms with Crippen LogP contribution in [-0.2, 0) is 12.3 Å². The minimum atomic E-state index is -0.348. The molecule has 0 bridgehead atoms. The van der Waals surface area contributed by atoms with Gasteiger partial charge >= 0.3 is 0 Å². The highest BCUT2D eigenvalue weighted by Crippen LogP contribution is 2.21. The van der Waals surface area contributed by atoms with Crippen molar-refractivity contribution in [2.75, 3.05) is 11.6 Å². The van der Waals surface area contributed by atoms with Gasteiger partial charge in [-0.25, -0.2) is 0 Å². The quantitative estimate of drug-likeness (QED) is 0.831. The van der Waals surface area contributed by atoms with E-state index in [2.05, 4.69) is 10.6 Å². The number of furan rings is 1. The van der Waals surface area contributed by atoms with Crippen molar-refractivity contribution in [2.45, 2.75) is 12.3 Å². The lowest BCUT2D eigenvalue weighted by Crippen LogP contribution is -2.19. The summed E-state index contributed by atoms with van der Waals surface area (Å²) in [5.74, 6) is 1.94. The fourth-order valence-electron chi connectivity index (χ4n) is 2.20. The number of carbonyl (C=O) groups excluding carboxylic acids is 2. The second-order valence-electron chi connectivity index (χ2n) is 4.70. The molecule has 0 saturated carbocycles. The highest BCUT2D eigenvalue weighted by molar-refractivity contribution is 7.97. The molecule has 0 radical (unpaired) electrons. The Kier molecular flexibility index (Phi) is 3.70. The van der Waals surface area contributed by atoms with E-state index in [9.17, 15) is 9.59 Å². The topological polar surface area (TPSA) is 71.3 Å². The van der Waals surface area contributed by atoms with Gasteiger partial charge in [-0.3, -0.25) is 14.9 Å². The number of thioether (sulfide) groups is 1. The van der Waals surface area contributed by atoms with Gasteiger partial charge in [-0.15, -0.1) is 0 Å². The Bertz CT molecular complexity index is 709. The number of rotatable bonds is 5. The first kappa shape index (κ1) is 13.8. The third kappa shape index (κ3) is 2.80. The molecule has 2 heterocycles. The molecule has 21 heavy (non-hydrogen) atoms. The van der Waals surface area contributed by atoms with E-state index in [-0.39, 0.29) is 11.8 Å². The second kappa shape index (κ2) is 5.65. The number of amides is 2. The maximum atomic E-state index is 11.6. The van der Waals surface area contributed by atoms with Crippen molar-refractivity contribution in [1.82, 2.24) is 5.32 Å². The molecule has 0 fully saturated rings. The Morgan fingerprint density at radius 2 is 1.86 bits per heavy atom. The fourth-order valence-corrected chi connectivity index (χ4v) is 2.64. The van der Waals surface area contributed by atoms with Crippen LogP contribution in [0.25, 0.3) is 0 Å². The van der Waals surface area contributed by atoms with Crippen molar-refractivity contribution in [1.29, 1.82) is 0 Å². The number of fused-ring (bicyclic) bond motifs is 1. The molecule has 108 valence electrons. The molecule has 1 aromatic carbocycles. The molecular weight excluding hydrogens is 288 g/mol. The lowest BCUT2D eigenvalue weighted by molar-refractivity contribution is 0.0879. The molecule has 0 atom stereocenters. The molecule has 2 amide bonds. The summed E-state index contributed by atoms with van der Waals surface area (Å²) in [6.07, 6.45) is 2.03. The Balaban J connectivity index is 1.69. The predicted molar refractivity (Wildman–Crippen MR) is 81.5 cm³/mol. The summed E-state index contributed by atoms with van der Waals surface area (Å²) in [4.78, 5) is 23.1. The maximum Gasteiger partial charge on any atom is 0.259 e. The Hall–Kier alpha value is -2.21. The van der Waals surface area contributed by atoms with Gasteiger partial charge in [0.1, 0.15) is 11.5 Å². The Labute approximate surface area is 126 Å². The van der Waals surface area contributed by atoms with Gasteiger partial charge < -0.3 is 9.73 Å². The van der Waals surface area contributed by atoms with E-state index in [1.807, 2.05) is 18.4 Å². The van der Waals surface area contributed by atoms with Crippen molar-refractivity contribution in [2.24, 2.45) is 0 Å². The van der Waals surface area contributed by atoms with Crippen LogP contribution in [-0.4, -0.2) is 18.1 Å². The molecule has 2 aromatic rings. The molecule has 0 spiro atoms. The van der Waals surface area contributed by atoms with Crippen LogP contribution in [0.3, 0.4) is 0 Å². The van der Waals surface area contributed by atoms with E-state index in [0.717, 1.165) is 23.0 Å². The summed E-state index contributed by atoms with van der Waals surface area (Å²) in [5, 5.41) is 5.46. The minimum Gasteiger partial charge on any atom is -0.463 e. The zero-order valence-corrected chi connectivity index (χ0v) is 12.3. The summed E-state index contributed by atoms with van der Waals surface area (Å²) in [5.41, 5.74) is 1.61. The Morgan fingerprint density at radius 1 is 1.10 bits per heavy atom. The van der Waals surface area contributed by atoms with Crippen LogP contribution in [0.1, 0.15) is 32.2 Å². The molecule has 1 aromatic heterocycles. The summed E-state index contributed by atoms with van der Waals surface area (Å²) >= 11 is 1.71. The average molecular weight is 302 g/mol. The van der Waals surface area contributed by atoms with Gasteiger partial charge in [0.25, 0.3) is 11.8 Å². The number of anilines is 1. The van der Waals surface area contributed by atoms with Crippen molar-refractivity contribution in [3.8, 4) is 0 Å². The molecule has 3 rings (SSSR count). The third-order valence-electron chi connectivity index (χ3n) is 3.21. The maximum absolute atomic E-state index is 11.6. The number of imide groups is 1. The van der Waals surface area contributed by atoms with Crippen LogP contribution in [0, 0.1) is 0 Å². The van der Waals surface area contributed by atoms with E-state index < -0.39 is 0 Å². The van der Waals surface area contributed by atoms with Crippen LogP contribution < -0.4 is 10.6 Å². The average Bonchev–Trinajstić information content (AvgIpc) is 3.03. The number of benzene rings is 1. The molecule has 6 heteroatoms. The van der Waals surface area contributed by atoms with Gasteiger partial charge in [0, 0.05) is 5.69 Å². The van der Waals surface area contributed by atoms with Crippen LogP contribution in [0.15, 0.2) is 34.7 Å². The Morgan fingerprint density at radius 3 is 2.67 bits per heavy atom. The summed E-state index contributed by atoms with van der Waals surface area (Å²) < 4.78 is 5.66. The van der Waals surface area contributed by atoms with E-state index in [1.54, 1.807) is 30.0 Å². The van der Waals surface area contributed by atoms with Crippen molar-refractivity contribution < 1.29 is 14.0 Å². The van der Waals surface area contributed by atoms with Gasteiger partial charge in [0.2, 0.25) is 0 Å². The molecule has 0 aliphatic carbocycles. The number of carbonyl (C=O) groups is 2. The smallest absolute Gasteiger partial charge is 0.259 e. The molecule has 0 saturated heterocycles. The lowest BCUT2D eigenvalue weighted by atomic mass is 10.1.